The van der Waals surface area contributed by atoms with E-state index in [0.29, 0.717) is 11.7 Å². The first kappa shape index (κ1) is 15.5. The number of nitrogens with one attached hydrogen (secondary N) is 1. The van der Waals surface area contributed by atoms with Gasteiger partial charge < -0.3 is 10.4 Å². The number of aromatic nitrogens is 2. The molecule has 104 valence electrons. The zero-order chi connectivity index (χ0) is 13.9. The highest BCUT2D eigenvalue weighted by Gasteiger charge is 2.20. The van der Waals surface area contributed by atoms with Crippen molar-refractivity contribution in [2.24, 2.45) is 12.5 Å². The van der Waals surface area contributed by atoms with Crippen molar-refractivity contribution in [3.8, 4) is 0 Å². The molecule has 0 aliphatic heterocycles. The molecule has 1 atom stereocenters. The number of halogens is 1. The van der Waals surface area contributed by atoms with Crippen molar-refractivity contribution in [1.82, 2.24) is 15.1 Å². The summed E-state index contributed by atoms with van der Waals surface area (Å²) in [7, 11) is 1.84. The summed E-state index contributed by atoms with van der Waals surface area (Å²) in [6.07, 6.45) is 0.505. The second kappa shape index (κ2) is 6.04. The third-order valence-corrected chi connectivity index (χ3v) is 3.50. The summed E-state index contributed by atoms with van der Waals surface area (Å²) < 4.78 is 1.69. The van der Waals surface area contributed by atoms with Crippen LogP contribution in [-0.4, -0.2) is 27.5 Å². The first-order chi connectivity index (χ1) is 8.23. The van der Waals surface area contributed by atoms with E-state index in [1.807, 2.05) is 20.9 Å². The Morgan fingerprint density at radius 3 is 2.56 bits per heavy atom. The molecule has 0 aromatic carbocycles. The maximum atomic E-state index is 9.43. The zero-order valence-corrected chi connectivity index (χ0v) is 12.7. The van der Waals surface area contributed by atoms with Gasteiger partial charge in [0.25, 0.3) is 0 Å². The van der Waals surface area contributed by atoms with Crippen molar-refractivity contribution in [1.29, 1.82) is 0 Å². The highest BCUT2D eigenvalue weighted by Crippen LogP contribution is 2.22. The average Bonchev–Trinajstić information content (AvgIpc) is 2.42. The van der Waals surface area contributed by atoms with Crippen LogP contribution in [-0.2, 0) is 13.6 Å². The zero-order valence-electron chi connectivity index (χ0n) is 11.9. The van der Waals surface area contributed by atoms with E-state index < -0.39 is 0 Å². The summed E-state index contributed by atoms with van der Waals surface area (Å²) in [4.78, 5) is 0. The minimum Gasteiger partial charge on any atom is -0.393 e. The number of hydrogen-bond acceptors (Lipinski definition) is 3. The van der Waals surface area contributed by atoms with Crippen LogP contribution < -0.4 is 5.32 Å². The lowest BCUT2D eigenvalue weighted by Gasteiger charge is -2.26. The Labute approximate surface area is 114 Å². The third-order valence-electron chi connectivity index (χ3n) is 3.02. The average molecular weight is 274 g/mol. The number of aliphatic hydroxyl groups excluding tert-OH is 1. The number of aryl methyl sites for hydroxylation is 2. The lowest BCUT2D eigenvalue weighted by Crippen LogP contribution is -2.31. The first-order valence-electron chi connectivity index (χ1n) is 6.29. The van der Waals surface area contributed by atoms with E-state index in [-0.39, 0.29) is 11.5 Å². The Kier molecular flexibility index (Phi) is 5.20. The largest absolute Gasteiger partial charge is 0.393 e. The van der Waals surface area contributed by atoms with Gasteiger partial charge in [0.15, 0.2) is 0 Å². The molecule has 2 N–H and O–H groups in total. The van der Waals surface area contributed by atoms with Crippen LogP contribution in [0.15, 0.2) is 0 Å². The van der Waals surface area contributed by atoms with Crippen LogP contribution in [0.5, 0.6) is 0 Å². The summed E-state index contributed by atoms with van der Waals surface area (Å²) in [6, 6.07) is 0. The van der Waals surface area contributed by atoms with E-state index >= 15 is 0 Å². The van der Waals surface area contributed by atoms with Gasteiger partial charge in [0.1, 0.15) is 5.15 Å². The molecule has 0 saturated heterocycles. The number of hydrogen-bond donors (Lipinski definition) is 2. The minimum absolute atomic E-state index is 0.0662. The second-order valence-electron chi connectivity index (χ2n) is 5.80. The summed E-state index contributed by atoms with van der Waals surface area (Å²) >= 11 is 6.17. The molecular weight excluding hydrogens is 250 g/mol. The molecule has 1 unspecified atom stereocenters. The Morgan fingerprint density at radius 1 is 1.50 bits per heavy atom. The normalized spacial score (nSPS) is 13.9. The summed E-state index contributed by atoms with van der Waals surface area (Å²) in [5.74, 6) is 0. The number of aliphatic hydroxyl groups is 1. The van der Waals surface area contributed by atoms with Gasteiger partial charge >= 0.3 is 0 Å². The smallest absolute Gasteiger partial charge is 0.131 e. The van der Waals surface area contributed by atoms with Gasteiger partial charge in [-0.1, -0.05) is 25.4 Å². The monoisotopic (exact) mass is 273 g/mol. The number of rotatable bonds is 6. The van der Waals surface area contributed by atoms with Gasteiger partial charge in [0, 0.05) is 25.7 Å². The van der Waals surface area contributed by atoms with E-state index in [0.717, 1.165) is 24.2 Å². The van der Waals surface area contributed by atoms with E-state index in [4.69, 9.17) is 11.6 Å². The maximum Gasteiger partial charge on any atom is 0.131 e. The van der Waals surface area contributed by atoms with Crippen molar-refractivity contribution in [2.45, 2.75) is 46.8 Å². The van der Waals surface area contributed by atoms with Crippen molar-refractivity contribution < 1.29 is 5.11 Å². The molecule has 18 heavy (non-hydrogen) atoms. The first-order valence-corrected chi connectivity index (χ1v) is 6.67. The molecule has 0 amide bonds. The fourth-order valence-electron chi connectivity index (χ4n) is 2.27. The maximum absolute atomic E-state index is 9.43. The fraction of sp³-hybridized carbons (Fsp3) is 0.769. The van der Waals surface area contributed by atoms with Crippen LogP contribution in [0.25, 0.3) is 0 Å². The molecule has 0 aliphatic rings. The third kappa shape index (κ3) is 4.26. The van der Waals surface area contributed by atoms with Crippen molar-refractivity contribution in [3.63, 3.8) is 0 Å². The lowest BCUT2D eigenvalue weighted by atomic mass is 9.87. The minimum atomic E-state index is -0.273. The Bertz CT molecular complexity index is 399. The standard InChI is InChI=1S/C13H24ClN3O/c1-9(18)6-13(3,4)8-15-7-11-10(2)16-17(5)12(11)14/h9,15,18H,6-8H2,1-5H3. The van der Waals surface area contributed by atoms with E-state index in [9.17, 15) is 5.11 Å². The Balaban J connectivity index is 2.51. The number of nitrogens with zero attached hydrogens (tertiary/aromatic N) is 2. The Hall–Kier alpha value is -0.580. The van der Waals surface area contributed by atoms with Gasteiger partial charge in [-0.3, -0.25) is 4.68 Å². The second-order valence-corrected chi connectivity index (χ2v) is 6.16. The van der Waals surface area contributed by atoms with Crippen LogP contribution in [0.3, 0.4) is 0 Å². The van der Waals surface area contributed by atoms with Crippen LogP contribution in [0.2, 0.25) is 5.15 Å². The summed E-state index contributed by atoms with van der Waals surface area (Å²) in [6.45, 7) is 9.62. The van der Waals surface area contributed by atoms with Crippen LogP contribution in [0.1, 0.15) is 38.4 Å². The molecule has 0 fully saturated rings. The molecule has 0 aliphatic carbocycles. The molecule has 0 bridgehead atoms. The summed E-state index contributed by atoms with van der Waals surface area (Å²) in [5, 5.41) is 17.8. The molecule has 1 aromatic heterocycles. The van der Waals surface area contributed by atoms with E-state index in [1.54, 1.807) is 4.68 Å². The van der Waals surface area contributed by atoms with Crippen molar-refractivity contribution in [2.75, 3.05) is 6.54 Å². The highest BCUT2D eigenvalue weighted by molar-refractivity contribution is 6.30. The predicted octanol–water partition coefficient (Wildman–Crippen LogP) is 2.27. The van der Waals surface area contributed by atoms with E-state index in [2.05, 4.69) is 24.3 Å². The molecule has 1 heterocycles. The van der Waals surface area contributed by atoms with Gasteiger partial charge in [-0.25, -0.2) is 0 Å². The van der Waals surface area contributed by atoms with Gasteiger partial charge in [-0.2, -0.15) is 5.10 Å². The molecule has 0 radical (unpaired) electrons. The molecule has 0 spiro atoms. The summed E-state index contributed by atoms with van der Waals surface area (Å²) in [5.41, 5.74) is 2.08. The van der Waals surface area contributed by atoms with Crippen molar-refractivity contribution >= 4 is 11.6 Å². The van der Waals surface area contributed by atoms with Crippen molar-refractivity contribution in [3.05, 3.63) is 16.4 Å². The molecule has 0 saturated carbocycles. The van der Waals surface area contributed by atoms with Gasteiger partial charge in [-0.15, -0.1) is 0 Å². The Morgan fingerprint density at radius 2 is 2.11 bits per heavy atom. The van der Waals surface area contributed by atoms with Crippen LogP contribution in [0.4, 0.5) is 0 Å². The predicted molar refractivity (Wildman–Crippen MR) is 74.7 cm³/mol. The molecular formula is C13H24ClN3O. The molecule has 4 nitrogen and oxygen atoms in total. The SMILES string of the molecule is Cc1nn(C)c(Cl)c1CNCC(C)(C)CC(C)O. The lowest BCUT2D eigenvalue weighted by molar-refractivity contribution is 0.128. The molecule has 1 rings (SSSR count). The molecule has 5 heteroatoms. The highest BCUT2D eigenvalue weighted by atomic mass is 35.5. The van der Waals surface area contributed by atoms with Gasteiger partial charge in [0.05, 0.1) is 11.8 Å². The topological polar surface area (TPSA) is 50.1 Å². The molecule has 1 aromatic rings. The van der Waals surface area contributed by atoms with Gasteiger partial charge in [0.2, 0.25) is 0 Å². The van der Waals surface area contributed by atoms with E-state index in [1.165, 1.54) is 0 Å². The quantitative estimate of drug-likeness (QED) is 0.836. The van der Waals surface area contributed by atoms with Crippen LogP contribution in [0, 0.1) is 12.3 Å². The van der Waals surface area contributed by atoms with Crippen LogP contribution >= 0.6 is 11.6 Å². The van der Waals surface area contributed by atoms with Gasteiger partial charge in [-0.05, 0) is 25.7 Å². The fourth-order valence-corrected chi connectivity index (χ4v) is 2.51.